The van der Waals surface area contributed by atoms with Crippen molar-refractivity contribution in [2.75, 3.05) is 17.7 Å². The first-order valence-electron chi connectivity index (χ1n) is 7.70. The van der Waals surface area contributed by atoms with E-state index in [1.807, 2.05) is 6.07 Å². The summed E-state index contributed by atoms with van der Waals surface area (Å²) in [5.41, 5.74) is 6.62. The van der Waals surface area contributed by atoms with Gasteiger partial charge in [0.2, 0.25) is 11.8 Å². The first kappa shape index (κ1) is 17.7. The quantitative estimate of drug-likeness (QED) is 0.455. The predicted molar refractivity (Wildman–Crippen MR) is 96.6 cm³/mol. The van der Waals surface area contributed by atoms with Crippen molar-refractivity contribution in [3.8, 4) is 5.75 Å². The van der Waals surface area contributed by atoms with Gasteiger partial charge in [-0.3, -0.25) is 19.7 Å². The molecular weight excluding hydrogens is 358 g/mol. The summed E-state index contributed by atoms with van der Waals surface area (Å²) in [6.45, 7) is 0.632. The number of benzene rings is 2. The van der Waals surface area contributed by atoms with Crippen LogP contribution in [0.2, 0.25) is 0 Å². The first-order chi connectivity index (χ1) is 12.4. The Morgan fingerprint density at radius 2 is 2.08 bits per heavy atom. The largest absolute Gasteiger partial charge is 0.493 e. The summed E-state index contributed by atoms with van der Waals surface area (Å²) in [6, 6.07) is 9.34. The number of amides is 2. The van der Waals surface area contributed by atoms with Crippen LogP contribution < -0.4 is 15.8 Å². The zero-order valence-electron chi connectivity index (χ0n) is 13.6. The van der Waals surface area contributed by atoms with E-state index >= 15 is 0 Å². The minimum atomic E-state index is -0.747. The summed E-state index contributed by atoms with van der Waals surface area (Å²) >= 11 is 1.02. The van der Waals surface area contributed by atoms with Crippen molar-refractivity contribution < 1.29 is 19.2 Å². The second-order valence-electron chi connectivity index (χ2n) is 5.56. The van der Waals surface area contributed by atoms with Crippen molar-refractivity contribution in [1.29, 1.82) is 0 Å². The SMILES string of the molecule is NC(=O)c1ccc(SCC(=O)Nc2ccc3c(c2)CCO3)c([N+](=O)[O-])c1. The van der Waals surface area contributed by atoms with Crippen LogP contribution in [0.1, 0.15) is 15.9 Å². The highest BCUT2D eigenvalue weighted by Gasteiger charge is 2.18. The summed E-state index contributed by atoms with van der Waals surface area (Å²) in [5, 5.41) is 13.9. The maximum Gasteiger partial charge on any atom is 0.283 e. The molecule has 26 heavy (non-hydrogen) atoms. The fourth-order valence-corrected chi connectivity index (χ4v) is 3.34. The molecule has 1 heterocycles. The molecule has 0 spiro atoms. The van der Waals surface area contributed by atoms with Crippen LogP contribution >= 0.6 is 11.8 Å². The van der Waals surface area contributed by atoms with E-state index in [9.17, 15) is 19.7 Å². The summed E-state index contributed by atoms with van der Waals surface area (Å²) < 4.78 is 5.41. The van der Waals surface area contributed by atoms with Gasteiger partial charge in [-0.25, -0.2) is 0 Å². The molecule has 0 aliphatic carbocycles. The summed E-state index contributed by atoms with van der Waals surface area (Å²) in [6.07, 6.45) is 0.798. The van der Waals surface area contributed by atoms with Crippen LogP contribution in [0.5, 0.6) is 5.75 Å². The first-order valence-corrected chi connectivity index (χ1v) is 8.69. The van der Waals surface area contributed by atoms with Gasteiger partial charge >= 0.3 is 0 Å². The van der Waals surface area contributed by atoms with E-state index in [0.717, 1.165) is 35.6 Å². The van der Waals surface area contributed by atoms with Crippen LogP contribution in [-0.2, 0) is 11.2 Å². The van der Waals surface area contributed by atoms with Crippen LogP contribution in [-0.4, -0.2) is 29.1 Å². The molecule has 134 valence electrons. The maximum absolute atomic E-state index is 12.1. The summed E-state index contributed by atoms with van der Waals surface area (Å²) in [4.78, 5) is 34.1. The van der Waals surface area contributed by atoms with Crippen LogP contribution in [0.3, 0.4) is 0 Å². The zero-order valence-corrected chi connectivity index (χ0v) is 14.4. The van der Waals surface area contributed by atoms with Crippen molar-refractivity contribution in [1.82, 2.24) is 0 Å². The Balaban J connectivity index is 1.66. The summed E-state index contributed by atoms with van der Waals surface area (Å²) in [5.74, 6) is -0.225. The molecule has 0 aromatic heterocycles. The van der Waals surface area contributed by atoms with Gasteiger partial charge < -0.3 is 15.8 Å². The lowest BCUT2D eigenvalue weighted by Crippen LogP contribution is -2.14. The smallest absolute Gasteiger partial charge is 0.283 e. The number of carbonyl (C=O) groups excluding carboxylic acids is 2. The van der Waals surface area contributed by atoms with Crippen LogP contribution in [0.25, 0.3) is 0 Å². The number of nitrogens with two attached hydrogens (primary N) is 1. The van der Waals surface area contributed by atoms with Gasteiger partial charge in [0.25, 0.3) is 5.69 Å². The number of hydrogen-bond donors (Lipinski definition) is 2. The molecule has 1 aliphatic rings. The number of rotatable bonds is 6. The normalized spacial score (nSPS) is 12.2. The van der Waals surface area contributed by atoms with Crippen molar-refractivity contribution in [3.63, 3.8) is 0 Å². The number of fused-ring (bicyclic) bond motifs is 1. The molecule has 0 fully saturated rings. The third-order valence-electron chi connectivity index (χ3n) is 3.77. The second kappa shape index (κ2) is 7.44. The van der Waals surface area contributed by atoms with Crippen LogP contribution in [0.4, 0.5) is 11.4 Å². The number of nitrogens with one attached hydrogen (secondary N) is 1. The molecule has 0 bridgehead atoms. The number of ether oxygens (including phenoxy) is 1. The van der Waals surface area contributed by atoms with Gasteiger partial charge in [-0.15, -0.1) is 11.8 Å². The number of thioether (sulfide) groups is 1. The Labute approximate surface area is 152 Å². The van der Waals surface area contributed by atoms with Crippen molar-refractivity contribution in [2.45, 2.75) is 11.3 Å². The van der Waals surface area contributed by atoms with Gasteiger partial charge in [-0.2, -0.15) is 0 Å². The Kier molecular flexibility index (Phi) is 5.08. The lowest BCUT2D eigenvalue weighted by molar-refractivity contribution is -0.387. The third-order valence-corrected chi connectivity index (χ3v) is 4.83. The Morgan fingerprint density at radius 1 is 1.27 bits per heavy atom. The van der Waals surface area contributed by atoms with E-state index in [0.29, 0.717) is 12.3 Å². The van der Waals surface area contributed by atoms with Gasteiger partial charge in [0.15, 0.2) is 0 Å². The molecule has 3 N–H and O–H groups in total. The molecular formula is C17H15N3O5S. The number of nitrogens with zero attached hydrogens (tertiary/aromatic N) is 1. The molecule has 2 amide bonds. The minimum Gasteiger partial charge on any atom is -0.493 e. The van der Waals surface area contributed by atoms with E-state index in [2.05, 4.69) is 5.32 Å². The Morgan fingerprint density at radius 3 is 2.81 bits per heavy atom. The van der Waals surface area contributed by atoms with Gasteiger partial charge in [-0.05, 0) is 35.9 Å². The highest BCUT2D eigenvalue weighted by Crippen LogP contribution is 2.31. The van der Waals surface area contributed by atoms with Crippen molar-refractivity contribution in [2.24, 2.45) is 5.73 Å². The molecule has 0 atom stereocenters. The number of anilines is 1. The summed E-state index contributed by atoms with van der Waals surface area (Å²) in [7, 11) is 0. The highest BCUT2D eigenvalue weighted by atomic mass is 32.2. The van der Waals surface area contributed by atoms with Crippen LogP contribution in [0.15, 0.2) is 41.3 Å². The maximum atomic E-state index is 12.1. The molecule has 0 saturated carbocycles. The van der Waals surface area contributed by atoms with E-state index in [1.54, 1.807) is 12.1 Å². The van der Waals surface area contributed by atoms with Crippen molar-refractivity contribution in [3.05, 3.63) is 57.6 Å². The van der Waals surface area contributed by atoms with E-state index in [4.69, 9.17) is 10.5 Å². The molecule has 0 radical (unpaired) electrons. The van der Waals surface area contributed by atoms with E-state index in [1.165, 1.54) is 12.1 Å². The lowest BCUT2D eigenvalue weighted by Gasteiger charge is -2.07. The van der Waals surface area contributed by atoms with Gasteiger partial charge in [-0.1, -0.05) is 0 Å². The van der Waals surface area contributed by atoms with E-state index < -0.39 is 10.8 Å². The standard InChI is InChI=1S/C17H15N3O5S/c18-17(22)11-1-4-15(13(8-11)20(23)24)26-9-16(21)19-12-2-3-14-10(7-12)5-6-25-14/h1-4,7-8H,5-6,9H2,(H2,18,22)(H,19,21). The Hall–Kier alpha value is -3.07. The van der Waals surface area contributed by atoms with Gasteiger partial charge in [0.1, 0.15) is 5.75 Å². The van der Waals surface area contributed by atoms with Gasteiger partial charge in [0, 0.05) is 23.7 Å². The third kappa shape index (κ3) is 3.94. The molecule has 2 aromatic rings. The Bertz CT molecular complexity index is 900. The predicted octanol–water partition coefficient (Wildman–Crippen LogP) is 2.36. The van der Waals surface area contributed by atoms with Crippen molar-refractivity contribution >= 4 is 35.0 Å². The molecule has 8 nitrogen and oxygen atoms in total. The number of carbonyl (C=O) groups is 2. The number of nitro benzene ring substituents is 1. The monoisotopic (exact) mass is 373 g/mol. The molecule has 2 aromatic carbocycles. The molecule has 3 rings (SSSR count). The average molecular weight is 373 g/mol. The van der Waals surface area contributed by atoms with E-state index in [-0.39, 0.29) is 27.8 Å². The molecule has 9 heteroatoms. The molecule has 0 saturated heterocycles. The second-order valence-corrected chi connectivity index (χ2v) is 6.58. The number of primary amides is 1. The fraction of sp³-hybridized carbons (Fsp3) is 0.176. The topological polar surface area (TPSA) is 125 Å². The van der Waals surface area contributed by atoms with Gasteiger partial charge in [0.05, 0.1) is 22.2 Å². The minimum absolute atomic E-state index is 0.00958. The van der Waals surface area contributed by atoms with Crippen LogP contribution in [0, 0.1) is 10.1 Å². The highest BCUT2D eigenvalue weighted by molar-refractivity contribution is 8.00. The fourth-order valence-electron chi connectivity index (χ4n) is 2.54. The number of hydrogen-bond acceptors (Lipinski definition) is 6. The lowest BCUT2D eigenvalue weighted by atomic mass is 10.1. The number of nitro groups is 1. The average Bonchev–Trinajstić information content (AvgIpc) is 3.07. The molecule has 1 aliphatic heterocycles. The molecule has 0 unspecified atom stereocenters. The zero-order chi connectivity index (χ0) is 18.7.